The number of nitrogens with zero attached hydrogens (tertiary/aromatic N) is 2. The van der Waals surface area contributed by atoms with Crippen LogP contribution in [-0.2, 0) is 12.8 Å². The molecule has 0 saturated heterocycles. The molecule has 1 aliphatic carbocycles. The zero-order valence-corrected chi connectivity index (χ0v) is 20.6. The Morgan fingerprint density at radius 3 is 2.15 bits per heavy atom. The Morgan fingerprint density at radius 1 is 0.912 bits per heavy atom. The van der Waals surface area contributed by atoms with E-state index >= 15 is 0 Å². The van der Waals surface area contributed by atoms with E-state index in [2.05, 4.69) is 72.5 Å². The van der Waals surface area contributed by atoms with Crippen LogP contribution in [-0.4, -0.2) is 43.6 Å². The van der Waals surface area contributed by atoms with Crippen LogP contribution in [0.1, 0.15) is 47.2 Å². The second kappa shape index (κ2) is 10.7. The second-order valence-corrected chi connectivity index (χ2v) is 9.22. The number of carbonyl (C=O) groups is 1. The molecule has 0 aliphatic heterocycles. The number of ether oxygens (including phenoxy) is 1. The van der Waals surface area contributed by atoms with Crippen LogP contribution < -0.4 is 4.74 Å². The number of hydrogen-bond acceptors (Lipinski definition) is 3. The highest BCUT2D eigenvalue weighted by molar-refractivity contribution is 5.84. The van der Waals surface area contributed by atoms with Gasteiger partial charge in [-0.25, -0.2) is 4.79 Å². The lowest BCUT2D eigenvalue weighted by molar-refractivity contribution is 0.163. The quantitative estimate of drug-likeness (QED) is 0.434. The van der Waals surface area contributed by atoms with Gasteiger partial charge in [-0.05, 0) is 85.8 Å². The Balaban J connectivity index is 1.46. The van der Waals surface area contributed by atoms with E-state index in [1.54, 1.807) is 11.9 Å². The van der Waals surface area contributed by atoms with Gasteiger partial charge in [-0.2, -0.15) is 0 Å². The summed E-state index contributed by atoms with van der Waals surface area (Å²) in [6, 6.07) is 25.3. The third kappa shape index (κ3) is 5.40. The van der Waals surface area contributed by atoms with Gasteiger partial charge in [-0.1, -0.05) is 66.7 Å². The largest absolute Gasteiger partial charge is 0.414 e. The molecule has 1 aliphatic rings. The highest BCUT2D eigenvalue weighted by atomic mass is 16.6. The maximum absolute atomic E-state index is 12.7. The molecule has 1 unspecified atom stereocenters. The summed E-state index contributed by atoms with van der Waals surface area (Å²) in [4.78, 5) is 16.5. The van der Waals surface area contributed by atoms with Crippen LogP contribution >= 0.6 is 0 Å². The molecular weight excluding hydrogens is 420 g/mol. The zero-order valence-electron chi connectivity index (χ0n) is 20.6. The predicted molar refractivity (Wildman–Crippen MR) is 139 cm³/mol. The number of amides is 1. The third-order valence-electron chi connectivity index (χ3n) is 6.72. The van der Waals surface area contributed by atoms with Crippen molar-refractivity contribution in [3.8, 4) is 5.75 Å². The first kappa shape index (κ1) is 23.8. The monoisotopic (exact) mass is 454 g/mol. The van der Waals surface area contributed by atoms with Gasteiger partial charge in [0, 0.05) is 19.6 Å². The first-order valence-corrected chi connectivity index (χ1v) is 12.0. The van der Waals surface area contributed by atoms with Gasteiger partial charge >= 0.3 is 6.09 Å². The van der Waals surface area contributed by atoms with Crippen LogP contribution in [0.15, 0.2) is 78.9 Å². The molecule has 1 atom stereocenters. The Labute approximate surface area is 203 Å². The van der Waals surface area contributed by atoms with E-state index in [0.29, 0.717) is 12.3 Å². The number of carbonyl (C=O) groups excluding carboxylic acids is 1. The van der Waals surface area contributed by atoms with Crippen molar-refractivity contribution in [2.45, 2.75) is 32.2 Å². The third-order valence-corrected chi connectivity index (χ3v) is 6.72. The van der Waals surface area contributed by atoms with Gasteiger partial charge in [0.15, 0.2) is 0 Å². The summed E-state index contributed by atoms with van der Waals surface area (Å²) < 4.78 is 5.67. The average Bonchev–Trinajstić information content (AvgIpc) is 3.01. The molecular formula is C30H34N2O2. The fourth-order valence-electron chi connectivity index (χ4n) is 4.45. The molecule has 0 fully saturated rings. The van der Waals surface area contributed by atoms with E-state index in [-0.39, 0.29) is 12.1 Å². The maximum atomic E-state index is 12.7. The molecule has 3 aromatic carbocycles. The predicted octanol–water partition coefficient (Wildman–Crippen LogP) is 6.36. The van der Waals surface area contributed by atoms with Crippen LogP contribution in [0.25, 0.3) is 5.57 Å². The van der Waals surface area contributed by atoms with E-state index in [1.165, 1.54) is 27.8 Å². The SMILES string of the molecule is CC(c1cccc(OC(=O)N(C)CCC=C2c3ccccc3CCc3ccccc32)c1)N(C)C. The Hall–Kier alpha value is -3.37. The summed E-state index contributed by atoms with van der Waals surface area (Å²) in [5.41, 5.74) is 7.73. The number of rotatable bonds is 6. The molecule has 34 heavy (non-hydrogen) atoms. The normalized spacial score (nSPS) is 13.5. The minimum Gasteiger partial charge on any atom is -0.410 e. The summed E-state index contributed by atoms with van der Waals surface area (Å²) in [6.07, 6.45) is 4.77. The smallest absolute Gasteiger partial charge is 0.410 e. The Bertz CT molecular complexity index is 1130. The van der Waals surface area contributed by atoms with Gasteiger partial charge in [0.25, 0.3) is 0 Å². The minimum atomic E-state index is -0.338. The van der Waals surface area contributed by atoms with E-state index in [9.17, 15) is 4.79 Å². The molecule has 0 bridgehead atoms. The standard InChI is InChI=1S/C30H34N2O2/c1-22(31(2)3)25-13-9-14-26(21-25)34-30(33)32(4)20-10-17-29-27-15-7-5-11-23(27)18-19-24-12-6-8-16-28(24)29/h5-9,11-17,21-22H,10,18-20H2,1-4H3. The molecule has 4 heteroatoms. The van der Waals surface area contributed by atoms with Crippen molar-refractivity contribution in [3.05, 3.63) is 107 Å². The van der Waals surface area contributed by atoms with Crippen molar-refractivity contribution in [2.75, 3.05) is 27.7 Å². The van der Waals surface area contributed by atoms with E-state index < -0.39 is 0 Å². The van der Waals surface area contributed by atoms with E-state index in [4.69, 9.17) is 4.74 Å². The van der Waals surface area contributed by atoms with Crippen LogP contribution in [0, 0.1) is 0 Å². The molecule has 4 nitrogen and oxygen atoms in total. The topological polar surface area (TPSA) is 32.8 Å². The van der Waals surface area contributed by atoms with Crippen molar-refractivity contribution in [1.29, 1.82) is 0 Å². The molecule has 0 saturated carbocycles. The van der Waals surface area contributed by atoms with Gasteiger partial charge in [0.2, 0.25) is 0 Å². The number of hydrogen-bond donors (Lipinski definition) is 0. The van der Waals surface area contributed by atoms with Crippen molar-refractivity contribution < 1.29 is 9.53 Å². The van der Waals surface area contributed by atoms with Gasteiger partial charge in [-0.3, -0.25) is 0 Å². The van der Waals surface area contributed by atoms with Crippen LogP contribution in [0.2, 0.25) is 0 Å². The van der Waals surface area contributed by atoms with Gasteiger partial charge in [0.1, 0.15) is 5.75 Å². The first-order chi connectivity index (χ1) is 16.4. The molecule has 0 aromatic heterocycles. The summed E-state index contributed by atoms with van der Waals surface area (Å²) in [6.45, 7) is 2.71. The zero-order chi connectivity index (χ0) is 24.1. The van der Waals surface area contributed by atoms with Crippen molar-refractivity contribution in [1.82, 2.24) is 9.80 Å². The highest BCUT2D eigenvalue weighted by Gasteiger charge is 2.18. The molecule has 0 radical (unpaired) electrons. The maximum Gasteiger partial charge on any atom is 0.414 e. The molecule has 1 amide bonds. The molecule has 0 heterocycles. The second-order valence-electron chi connectivity index (χ2n) is 9.22. The number of benzene rings is 3. The van der Waals surface area contributed by atoms with Crippen LogP contribution in [0.5, 0.6) is 5.75 Å². The van der Waals surface area contributed by atoms with Gasteiger partial charge in [0.05, 0.1) is 0 Å². The van der Waals surface area contributed by atoms with Gasteiger partial charge < -0.3 is 14.5 Å². The number of fused-ring (bicyclic) bond motifs is 2. The van der Waals surface area contributed by atoms with Crippen LogP contribution in [0.3, 0.4) is 0 Å². The molecule has 0 spiro atoms. The first-order valence-electron chi connectivity index (χ1n) is 12.0. The van der Waals surface area contributed by atoms with Crippen molar-refractivity contribution in [3.63, 3.8) is 0 Å². The summed E-state index contributed by atoms with van der Waals surface area (Å²) >= 11 is 0. The van der Waals surface area contributed by atoms with Crippen molar-refractivity contribution in [2.24, 2.45) is 0 Å². The summed E-state index contributed by atoms with van der Waals surface area (Å²) in [7, 11) is 5.87. The number of aryl methyl sites for hydroxylation is 2. The Morgan fingerprint density at radius 2 is 1.53 bits per heavy atom. The highest BCUT2D eigenvalue weighted by Crippen LogP contribution is 2.33. The van der Waals surface area contributed by atoms with Crippen LogP contribution in [0.4, 0.5) is 4.79 Å². The molecule has 0 N–H and O–H groups in total. The average molecular weight is 455 g/mol. The van der Waals surface area contributed by atoms with Crippen molar-refractivity contribution >= 4 is 11.7 Å². The van der Waals surface area contributed by atoms with Gasteiger partial charge in [-0.15, -0.1) is 0 Å². The lowest BCUT2D eigenvalue weighted by atomic mass is 9.93. The van der Waals surface area contributed by atoms with E-state index in [1.807, 2.05) is 32.3 Å². The minimum absolute atomic E-state index is 0.244. The summed E-state index contributed by atoms with van der Waals surface area (Å²) in [5, 5.41) is 0. The summed E-state index contributed by atoms with van der Waals surface area (Å²) in [5.74, 6) is 0.577. The molecule has 4 rings (SSSR count). The Kier molecular flexibility index (Phi) is 7.49. The molecule has 176 valence electrons. The lowest BCUT2D eigenvalue weighted by Gasteiger charge is -2.21. The lowest BCUT2D eigenvalue weighted by Crippen LogP contribution is -2.30. The fourth-order valence-corrected chi connectivity index (χ4v) is 4.45. The fraction of sp³-hybridized carbons (Fsp3) is 0.300. The van der Waals surface area contributed by atoms with E-state index in [0.717, 1.165) is 24.8 Å². The molecule has 3 aromatic rings.